The third-order valence-corrected chi connectivity index (χ3v) is 2.33. The first-order valence-electron chi connectivity index (χ1n) is 5.16. The molecule has 0 bridgehead atoms. The molecule has 78 valence electrons. The summed E-state index contributed by atoms with van der Waals surface area (Å²) in [4.78, 5) is 4.30. The topological polar surface area (TPSA) is 37.0 Å². The van der Waals surface area contributed by atoms with Crippen molar-refractivity contribution in [3.63, 3.8) is 0 Å². The molecule has 0 radical (unpaired) electrons. The number of anilines is 2. The summed E-state index contributed by atoms with van der Waals surface area (Å²) in [6.45, 7) is 0. The Balaban J connectivity index is 2.16. The molecule has 0 amide bonds. The van der Waals surface area contributed by atoms with Crippen molar-refractivity contribution in [2.24, 2.45) is 0 Å². The minimum absolute atomic E-state index is 0.873. The summed E-state index contributed by atoms with van der Waals surface area (Å²) in [6, 6.07) is 3.92. The van der Waals surface area contributed by atoms with Crippen LogP contribution in [0.4, 0.5) is 11.5 Å². The van der Waals surface area contributed by atoms with E-state index in [1.807, 2.05) is 19.2 Å². The van der Waals surface area contributed by atoms with Crippen molar-refractivity contribution in [2.75, 3.05) is 17.7 Å². The van der Waals surface area contributed by atoms with E-state index in [4.69, 9.17) is 0 Å². The Kier molecular flexibility index (Phi) is 3.02. The zero-order valence-corrected chi connectivity index (χ0v) is 8.83. The van der Waals surface area contributed by atoms with Gasteiger partial charge in [0.15, 0.2) is 5.82 Å². The third kappa shape index (κ3) is 2.37. The molecule has 3 heteroatoms. The fourth-order valence-electron chi connectivity index (χ4n) is 1.55. The van der Waals surface area contributed by atoms with Crippen LogP contribution in [0.15, 0.2) is 42.3 Å². The summed E-state index contributed by atoms with van der Waals surface area (Å²) < 4.78 is 0. The highest BCUT2D eigenvalue weighted by atomic mass is 15.0. The summed E-state index contributed by atoms with van der Waals surface area (Å²) in [7, 11) is 1.90. The first-order chi connectivity index (χ1) is 7.40. The van der Waals surface area contributed by atoms with Gasteiger partial charge in [0.05, 0.1) is 5.69 Å². The average molecular weight is 201 g/mol. The van der Waals surface area contributed by atoms with E-state index in [2.05, 4.69) is 33.8 Å². The Morgan fingerprint density at radius 1 is 1.33 bits per heavy atom. The van der Waals surface area contributed by atoms with Crippen LogP contribution in [0.2, 0.25) is 0 Å². The molecular formula is C12H15N3. The van der Waals surface area contributed by atoms with Gasteiger partial charge in [-0.1, -0.05) is 12.2 Å². The van der Waals surface area contributed by atoms with E-state index >= 15 is 0 Å². The van der Waals surface area contributed by atoms with E-state index in [9.17, 15) is 0 Å². The predicted octanol–water partition coefficient (Wildman–Crippen LogP) is 2.77. The van der Waals surface area contributed by atoms with Gasteiger partial charge in [-0.05, 0) is 31.1 Å². The second-order valence-corrected chi connectivity index (χ2v) is 3.41. The molecule has 0 saturated heterocycles. The average Bonchev–Trinajstić information content (AvgIpc) is 2.31. The maximum atomic E-state index is 4.30. The van der Waals surface area contributed by atoms with Gasteiger partial charge in [0.1, 0.15) is 0 Å². The van der Waals surface area contributed by atoms with E-state index in [1.165, 1.54) is 0 Å². The van der Waals surface area contributed by atoms with E-state index in [1.54, 1.807) is 6.20 Å². The van der Waals surface area contributed by atoms with Gasteiger partial charge in [-0.3, -0.25) is 0 Å². The van der Waals surface area contributed by atoms with E-state index in [0.717, 1.165) is 30.0 Å². The van der Waals surface area contributed by atoms with Gasteiger partial charge in [-0.2, -0.15) is 0 Å². The lowest BCUT2D eigenvalue weighted by Crippen LogP contribution is -2.04. The van der Waals surface area contributed by atoms with Gasteiger partial charge < -0.3 is 10.6 Å². The number of aromatic nitrogens is 1. The van der Waals surface area contributed by atoms with Crippen LogP contribution < -0.4 is 10.6 Å². The Labute approximate surface area is 89.9 Å². The quantitative estimate of drug-likeness (QED) is 0.789. The van der Waals surface area contributed by atoms with Gasteiger partial charge in [0, 0.05) is 18.9 Å². The van der Waals surface area contributed by atoms with Crippen molar-refractivity contribution in [3.8, 4) is 0 Å². The Bertz CT molecular complexity index is 394. The molecule has 0 unspecified atom stereocenters. The van der Waals surface area contributed by atoms with Crippen LogP contribution >= 0.6 is 0 Å². The number of allylic oxidation sites excluding steroid dienone is 3. The molecule has 2 N–H and O–H groups in total. The second kappa shape index (κ2) is 4.64. The lowest BCUT2D eigenvalue weighted by Gasteiger charge is -2.12. The first-order valence-corrected chi connectivity index (χ1v) is 5.16. The number of pyridine rings is 1. The van der Waals surface area contributed by atoms with Crippen LogP contribution in [0.3, 0.4) is 0 Å². The molecular weight excluding hydrogens is 186 g/mol. The lowest BCUT2D eigenvalue weighted by molar-refractivity contribution is 1.02. The van der Waals surface area contributed by atoms with Crippen LogP contribution in [0.25, 0.3) is 0 Å². The van der Waals surface area contributed by atoms with Crippen LogP contribution in [-0.2, 0) is 0 Å². The van der Waals surface area contributed by atoms with Crippen molar-refractivity contribution in [3.05, 3.63) is 42.3 Å². The first kappa shape index (κ1) is 9.77. The molecule has 0 aromatic carbocycles. The maximum Gasteiger partial charge on any atom is 0.153 e. The van der Waals surface area contributed by atoms with Crippen molar-refractivity contribution in [1.82, 2.24) is 4.98 Å². The second-order valence-electron chi connectivity index (χ2n) is 3.41. The molecule has 1 heterocycles. The number of rotatable bonds is 3. The van der Waals surface area contributed by atoms with Crippen LogP contribution in [0, 0.1) is 0 Å². The minimum atomic E-state index is 0.873. The number of nitrogens with zero attached hydrogens (tertiary/aromatic N) is 1. The molecule has 0 aliphatic heterocycles. The van der Waals surface area contributed by atoms with E-state index < -0.39 is 0 Å². The molecule has 0 spiro atoms. The largest absolute Gasteiger partial charge is 0.385 e. The molecule has 1 aromatic rings. The summed E-state index contributed by atoms with van der Waals surface area (Å²) in [5.41, 5.74) is 2.13. The maximum absolute atomic E-state index is 4.30. The Hall–Kier alpha value is -1.77. The SMILES string of the molecule is CNc1cccnc1NC1=CCCC=C1. The van der Waals surface area contributed by atoms with Crippen LogP contribution in [-0.4, -0.2) is 12.0 Å². The summed E-state index contributed by atoms with van der Waals surface area (Å²) in [5.74, 6) is 0.873. The van der Waals surface area contributed by atoms with Gasteiger partial charge in [-0.15, -0.1) is 0 Å². The summed E-state index contributed by atoms with van der Waals surface area (Å²) >= 11 is 0. The fraction of sp³-hybridized carbons (Fsp3) is 0.250. The molecule has 2 rings (SSSR count). The number of hydrogen-bond acceptors (Lipinski definition) is 3. The molecule has 0 saturated carbocycles. The molecule has 1 aromatic heterocycles. The van der Waals surface area contributed by atoms with Crippen molar-refractivity contribution >= 4 is 11.5 Å². The number of nitrogens with one attached hydrogen (secondary N) is 2. The molecule has 0 fully saturated rings. The molecule has 1 aliphatic carbocycles. The van der Waals surface area contributed by atoms with E-state index in [0.29, 0.717) is 0 Å². The Morgan fingerprint density at radius 2 is 2.27 bits per heavy atom. The van der Waals surface area contributed by atoms with Crippen LogP contribution in [0.1, 0.15) is 12.8 Å². The highest BCUT2D eigenvalue weighted by Gasteiger charge is 2.03. The normalized spacial score (nSPS) is 14.6. The van der Waals surface area contributed by atoms with Gasteiger partial charge in [0.25, 0.3) is 0 Å². The minimum Gasteiger partial charge on any atom is -0.385 e. The standard InChI is InChI=1S/C12H15N3/c1-13-11-8-5-9-14-12(11)15-10-6-3-2-4-7-10/h3,5-9,13H,2,4H2,1H3,(H,14,15). The Morgan fingerprint density at radius 3 is 3.00 bits per heavy atom. The monoisotopic (exact) mass is 201 g/mol. The van der Waals surface area contributed by atoms with Gasteiger partial charge >= 0.3 is 0 Å². The molecule has 1 aliphatic rings. The fourth-order valence-corrected chi connectivity index (χ4v) is 1.55. The van der Waals surface area contributed by atoms with Gasteiger partial charge in [0.2, 0.25) is 0 Å². The highest BCUT2D eigenvalue weighted by Crippen LogP contribution is 2.20. The molecule has 0 atom stereocenters. The van der Waals surface area contributed by atoms with Crippen molar-refractivity contribution in [2.45, 2.75) is 12.8 Å². The number of hydrogen-bond donors (Lipinski definition) is 2. The molecule has 3 nitrogen and oxygen atoms in total. The van der Waals surface area contributed by atoms with Crippen molar-refractivity contribution in [1.29, 1.82) is 0 Å². The summed E-state index contributed by atoms with van der Waals surface area (Å²) in [6.07, 6.45) is 10.5. The summed E-state index contributed by atoms with van der Waals surface area (Å²) in [5, 5.41) is 6.41. The smallest absolute Gasteiger partial charge is 0.153 e. The van der Waals surface area contributed by atoms with Gasteiger partial charge in [-0.25, -0.2) is 4.98 Å². The third-order valence-electron chi connectivity index (χ3n) is 2.33. The highest BCUT2D eigenvalue weighted by molar-refractivity contribution is 5.66. The zero-order valence-electron chi connectivity index (χ0n) is 8.83. The molecule has 15 heavy (non-hydrogen) atoms. The predicted molar refractivity (Wildman–Crippen MR) is 63.9 cm³/mol. The van der Waals surface area contributed by atoms with Crippen LogP contribution in [0.5, 0.6) is 0 Å². The van der Waals surface area contributed by atoms with Crippen molar-refractivity contribution < 1.29 is 0 Å². The zero-order chi connectivity index (χ0) is 10.5. The van der Waals surface area contributed by atoms with E-state index in [-0.39, 0.29) is 0 Å². The lowest BCUT2D eigenvalue weighted by atomic mass is 10.1.